The number of aryl methyl sites for hydroxylation is 1. The molecule has 0 aliphatic heterocycles. The lowest BCUT2D eigenvalue weighted by molar-refractivity contribution is -0.136. The van der Waals surface area contributed by atoms with E-state index in [2.05, 4.69) is 31.2 Å². The van der Waals surface area contributed by atoms with Gasteiger partial charge in [-0.1, -0.05) is 5.21 Å². The molecule has 0 spiro atoms. The molecular weight excluding hydrogens is 300 g/mol. The predicted octanol–water partition coefficient (Wildman–Crippen LogP) is 1.50. The molecule has 2 aromatic rings. The molecule has 2 aromatic heterocycles. The number of carbonyl (C=O) groups is 1. The molecular formula is C11H11BrN4O2. The van der Waals surface area contributed by atoms with E-state index in [4.69, 9.17) is 5.11 Å². The Kier molecular flexibility index (Phi) is 4.03. The molecule has 0 aliphatic carbocycles. The Morgan fingerprint density at radius 2 is 2.28 bits per heavy atom. The van der Waals surface area contributed by atoms with Crippen LogP contribution in [0.2, 0.25) is 0 Å². The summed E-state index contributed by atoms with van der Waals surface area (Å²) in [7, 11) is 0. The van der Waals surface area contributed by atoms with Crippen molar-refractivity contribution >= 4 is 21.9 Å². The van der Waals surface area contributed by atoms with Crippen LogP contribution in [0.5, 0.6) is 0 Å². The number of halogens is 1. The van der Waals surface area contributed by atoms with Gasteiger partial charge >= 0.3 is 5.97 Å². The minimum absolute atomic E-state index is 0.0666. The molecule has 0 atom stereocenters. The largest absolute Gasteiger partial charge is 0.481 e. The second-order valence-electron chi connectivity index (χ2n) is 3.81. The summed E-state index contributed by atoms with van der Waals surface area (Å²) in [6.45, 7) is 0.562. The van der Waals surface area contributed by atoms with Crippen molar-refractivity contribution in [3.8, 4) is 0 Å². The molecule has 0 unspecified atom stereocenters. The fraction of sp³-hybridized carbons (Fsp3) is 0.273. The molecule has 0 radical (unpaired) electrons. The smallest absolute Gasteiger partial charge is 0.303 e. The van der Waals surface area contributed by atoms with E-state index < -0.39 is 5.97 Å². The van der Waals surface area contributed by atoms with Gasteiger partial charge in [0.25, 0.3) is 0 Å². The quantitative estimate of drug-likeness (QED) is 0.905. The van der Waals surface area contributed by atoms with Crippen molar-refractivity contribution in [1.29, 1.82) is 0 Å². The molecule has 0 amide bonds. The van der Waals surface area contributed by atoms with Crippen molar-refractivity contribution in [2.24, 2.45) is 0 Å². The lowest BCUT2D eigenvalue weighted by Crippen LogP contribution is -2.00. The number of carboxylic acids is 1. The van der Waals surface area contributed by atoms with Gasteiger partial charge in [0.2, 0.25) is 0 Å². The van der Waals surface area contributed by atoms with Gasteiger partial charge in [-0.3, -0.25) is 9.78 Å². The summed E-state index contributed by atoms with van der Waals surface area (Å²) in [5.74, 6) is -0.833. The maximum Gasteiger partial charge on any atom is 0.303 e. The summed E-state index contributed by atoms with van der Waals surface area (Å²) in [4.78, 5) is 14.5. The molecule has 1 N–H and O–H groups in total. The summed E-state index contributed by atoms with van der Waals surface area (Å²) in [6, 6.07) is 1.95. The van der Waals surface area contributed by atoms with E-state index in [1.165, 1.54) is 0 Å². The standard InChI is InChI=1S/C11H11BrN4O2/c12-9-3-8(4-13-5-9)6-16-7-10(14-15-16)1-2-11(17)18/h3-5,7H,1-2,6H2,(H,17,18). The van der Waals surface area contributed by atoms with Crippen molar-refractivity contribution in [2.45, 2.75) is 19.4 Å². The lowest BCUT2D eigenvalue weighted by atomic mass is 10.2. The van der Waals surface area contributed by atoms with Crippen LogP contribution in [-0.2, 0) is 17.8 Å². The first-order valence-corrected chi connectivity index (χ1v) is 6.13. The van der Waals surface area contributed by atoms with E-state index in [0.29, 0.717) is 18.7 Å². The molecule has 2 rings (SSSR count). The normalized spacial score (nSPS) is 10.5. The van der Waals surface area contributed by atoms with Gasteiger partial charge in [0, 0.05) is 29.5 Å². The van der Waals surface area contributed by atoms with E-state index in [0.717, 1.165) is 10.0 Å². The van der Waals surface area contributed by atoms with Crippen LogP contribution in [-0.4, -0.2) is 31.1 Å². The van der Waals surface area contributed by atoms with Crippen LogP contribution in [0.15, 0.2) is 29.1 Å². The summed E-state index contributed by atoms with van der Waals surface area (Å²) in [5, 5.41) is 16.5. The highest BCUT2D eigenvalue weighted by atomic mass is 79.9. The van der Waals surface area contributed by atoms with Gasteiger partial charge in [-0.2, -0.15) is 0 Å². The van der Waals surface area contributed by atoms with E-state index in [1.807, 2.05) is 6.07 Å². The van der Waals surface area contributed by atoms with E-state index in [9.17, 15) is 4.79 Å². The summed E-state index contributed by atoms with van der Waals surface area (Å²) in [6.07, 6.45) is 5.68. The first kappa shape index (κ1) is 12.7. The number of pyridine rings is 1. The molecule has 0 aromatic carbocycles. The Labute approximate surface area is 112 Å². The Morgan fingerprint density at radius 1 is 1.44 bits per heavy atom. The van der Waals surface area contributed by atoms with Crippen molar-refractivity contribution in [2.75, 3.05) is 0 Å². The third-order valence-electron chi connectivity index (χ3n) is 2.29. The number of aliphatic carboxylic acids is 1. The van der Waals surface area contributed by atoms with Crippen molar-refractivity contribution in [3.05, 3.63) is 40.4 Å². The monoisotopic (exact) mass is 310 g/mol. The van der Waals surface area contributed by atoms with Crippen LogP contribution >= 0.6 is 15.9 Å². The number of nitrogens with zero attached hydrogens (tertiary/aromatic N) is 4. The summed E-state index contributed by atoms with van der Waals surface area (Å²) >= 11 is 3.35. The highest BCUT2D eigenvalue weighted by Crippen LogP contribution is 2.10. The average molecular weight is 311 g/mol. The fourth-order valence-corrected chi connectivity index (χ4v) is 1.91. The highest BCUT2D eigenvalue weighted by Gasteiger charge is 2.04. The molecule has 0 saturated carbocycles. The first-order chi connectivity index (χ1) is 8.63. The van der Waals surface area contributed by atoms with Gasteiger partial charge in [0.1, 0.15) is 0 Å². The molecule has 6 nitrogen and oxygen atoms in total. The molecule has 2 heterocycles. The third-order valence-corrected chi connectivity index (χ3v) is 2.72. The maximum absolute atomic E-state index is 10.4. The van der Waals surface area contributed by atoms with Gasteiger partial charge in [0.15, 0.2) is 0 Å². The number of rotatable bonds is 5. The molecule has 0 fully saturated rings. The summed E-state index contributed by atoms with van der Waals surface area (Å²) in [5.41, 5.74) is 1.68. The van der Waals surface area contributed by atoms with Gasteiger partial charge < -0.3 is 5.11 Å². The molecule has 0 saturated heterocycles. The summed E-state index contributed by atoms with van der Waals surface area (Å²) < 4.78 is 2.58. The van der Waals surface area contributed by atoms with Crippen LogP contribution in [0.25, 0.3) is 0 Å². The SMILES string of the molecule is O=C(O)CCc1cn(Cc2cncc(Br)c2)nn1. The molecule has 7 heteroatoms. The first-order valence-electron chi connectivity index (χ1n) is 5.34. The molecule has 18 heavy (non-hydrogen) atoms. The van der Waals surface area contributed by atoms with E-state index >= 15 is 0 Å². The van der Waals surface area contributed by atoms with Crippen LogP contribution < -0.4 is 0 Å². The topological polar surface area (TPSA) is 80.9 Å². The van der Waals surface area contributed by atoms with Crippen molar-refractivity contribution < 1.29 is 9.90 Å². The van der Waals surface area contributed by atoms with Gasteiger partial charge in [-0.15, -0.1) is 5.10 Å². The number of hydrogen-bond acceptors (Lipinski definition) is 4. The Bertz CT molecular complexity index is 555. The molecule has 0 bridgehead atoms. The van der Waals surface area contributed by atoms with Crippen LogP contribution in [0, 0.1) is 0 Å². The van der Waals surface area contributed by atoms with E-state index in [1.54, 1.807) is 23.3 Å². The average Bonchev–Trinajstić information content (AvgIpc) is 2.74. The van der Waals surface area contributed by atoms with Gasteiger partial charge in [0.05, 0.1) is 18.7 Å². The third kappa shape index (κ3) is 3.63. The lowest BCUT2D eigenvalue weighted by Gasteiger charge is -2.00. The van der Waals surface area contributed by atoms with E-state index in [-0.39, 0.29) is 6.42 Å². The molecule has 0 aliphatic rings. The fourth-order valence-electron chi connectivity index (χ4n) is 1.49. The Morgan fingerprint density at radius 3 is 3.00 bits per heavy atom. The zero-order chi connectivity index (χ0) is 13.0. The van der Waals surface area contributed by atoms with Crippen LogP contribution in [0.1, 0.15) is 17.7 Å². The van der Waals surface area contributed by atoms with Crippen LogP contribution in [0.3, 0.4) is 0 Å². The second kappa shape index (κ2) is 5.72. The second-order valence-corrected chi connectivity index (χ2v) is 4.73. The maximum atomic E-state index is 10.4. The number of aromatic nitrogens is 4. The van der Waals surface area contributed by atoms with Crippen molar-refractivity contribution in [3.63, 3.8) is 0 Å². The van der Waals surface area contributed by atoms with Gasteiger partial charge in [-0.25, -0.2) is 4.68 Å². The predicted molar refractivity (Wildman–Crippen MR) is 67.0 cm³/mol. The van der Waals surface area contributed by atoms with Crippen molar-refractivity contribution in [1.82, 2.24) is 20.0 Å². The Hall–Kier alpha value is -1.76. The van der Waals surface area contributed by atoms with Crippen LogP contribution in [0.4, 0.5) is 0 Å². The number of carboxylic acid groups (broad SMARTS) is 1. The zero-order valence-electron chi connectivity index (χ0n) is 9.45. The highest BCUT2D eigenvalue weighted by molar-refractivity contribution is 9.10. The number of hydrogen-bond donors (Lipinski definition) is 1. The Balaban J connectivity index is 2.00. The minimum atomic E-state index is -0.833. The minimum Gasteiger partial charge on any atom is -0.481 e. The molecule has 94 valence electrons. The zero-order valence-corrected chi connectivity index (χ0v) is 11.0. The van der Waals surface area contributed by atoms with Gasteiger partial charge in [-0.05, 0) is 27.6 Å².